The van der Waals surface area contributed by atoms with Gasteiger partial charge in [0.05, 0.1) is 0 Å². The molecule has 1 aromatic heterocycles. The third kappa shape index (κ3) is 3.65. The van der Waals surface area contributed by atoms with Crippen molar-refractivity contribution < 1.29 is 9.53 Å². The van der Waals surface area contributed by atoms with Gasteiger partial charge in [0, 0.05) is 31.9 Å². The topological polar surface area (TPSA) is 42.4 Å². The van der Waals surface area contributed by atoms with Gasteiger partial charge in [-0.25, -0.2) is 4.79 Å². The van der Waals surface area contributed by atoms with Gasteiger partial charge in [-0.3, -0.25) is 4.98 Å². The molecule has 4 aliphatic rings. The molecule has 6 atom stereocenters. The largest absolute Gasteiger partial charge is 0.446 e. The predicted octanol–water partition coefficient (Wildman–Crippen LogP) is 6.88. The third-order valence-corrected chi connectivity index (χ3v) is 9.90. The maximum absolute atomic E-state index is 12.5. The smallest absolute Gasteiger partial charge is 0.410 e. The van der Waals surface area contributed by atoms with Crippen molar-refractivity contribution in [1.82, 2.24) is 9.88 Å². The molecule has 0 spiro atoms. The van der Waals surface area contributed by atoms with Crippen LogP contribution < -0.4 is 0 Å². The lowest BCUT2D eigenvalue weighted by Crippen LogP contribution is -2.50. The summed E-state index contributed by atoms with van der Waals surface area (Å²) in [6.07, 6.45) is 16.9. The van der Waals surface area contributed by atoms with Gasteiger partial charge in [-0.15, -0.1) is 0 Å². The zero-order valence-corrected chi connectivity index (χ0v) is 20.8. The van der Waals surface area contributed by atoms with Gasteiger partial charge in [-0.2, -0.15) is 0 Å². The fourth-order valence-corrected chi connectivity index (χ4v) is 7.96. The van der Waals surface area contributed by atoms with E-state index in [1.807, 2.05) is 26.2 Å². The molecule has 0 saturated heterocycles. The molecule has 4 aliphatic carbocycles. The second-order valence-electron chi connectivity index (χ2n) is 11.2. The Hall–Kier alpha value is -2.10. The molecule has 5 rings (SSSR count). The molecular weight excluding hydrogens is 408 g/mol. The molecule has 2 saturated carbocycles. The van der Waals surface area contributed by atoms with E-state index in [0.717, 1.165) is 37.0 Å². The van der Waals surface area contributed by atoms with Gasteiger partial charge in [-0.05, 0) is 98.2 Å². The standard InChI is InChI=1S/C29H40N2O2/c1-5-31(6-2)27(32)33-22-13-15-28(3)21(18-22)9-10-23-25-12-11-24(20-8-7-17-30-19-20)29(25,4)16-14-26(23)28/h7-9,11,17,19,22-23,25-26H,5-6,10,12-16,18H2,1-4H3. The lowest BCUT2D eigenvalue weighted by Gasteiger charge is -2.57. The molecule has 178 valence electrons. The maximum atomic E-state index is 12.5. The molecule has 1 heterocycles. The number of amides is 1. The Labute approximate surface area is 199 Å². The van der Waals surface area contributed by atoms with Crippen molar-refractivity contribution >= 4 is 11.7 Å². The normalized spacial score (nSPS) is 37.2. The summed E-state index contributed by atoms with van der Waals surface area (Å²) in [5, 5.41) is 0. The maximum Gasteiger partial charge on any atom is 0.410 e. The monoisotopic (exact) mass is 448 g/mol. The first-order valence-electron chi connectivity index (χ1n) is 13.2. The van der Waals surface area contributed by atoms with E-state index >= 15 is 0 Å². The quantitative estimate of drug-likeness (QED) is 0.471. The number of carbonyl (C=O) groups excluding carboxylic acids is 1. The van der Waals surface area contributed by atoms with E-state index in [1.54, 1.807) is 10.5 Å². The molecular formula is C29H40N2O2. The summed E-state index contributed by atoms with van der Waals surface area (Å²) in [5.74, 6) is 2.22. The van der Waals surface area contributed by atoms with Crippen LogP contribution in [0, 0.1) is 28.6 Å². The third-order valence-electron chi connectivity index (χ3n) is 9.90. The zero-order chi connectivity index (χ0) is 23.2. The van der Waals surface area contributed by atoms with Gasteiger partial charge < -0.3 is 9.64 Å². The first kappa shape index (κ1) is 22.7. The van der Waals surface area contributed by atoms with Crippen LogP contribution in [0.1, 0.15) is 78.2 Å². The van der Waals surface area contributed by atoms with E-state index in [0.29, 0.717) is 13.1 Å². The molecule has 6 unspecified atom stereocenters. The van der Waals surface area contributed by atoms with Gasteiger partial charge >= 0.3 is 6.09 Å². The van der Waals surface area contributed by atoms with Gasteiger partial charge in [0.15, 0.2) is 0 Å². The highest BCUT2D eigenvalue weighted by Crippen LogP contribution is 2.66. The van der Waals surface area contributed by atoms with Crippen LogP contribution in [0.3, 0.4) is 0 Å². The molecule has 0 bridgehead atoms. The molecule has 4 heteroatoms. The first-order chi connectivity index (χ1) is 15.9. The van der Waals surface area contributed by atoms with E-state index in [1.165, 1.54) is 36.8 Å². The molecule has 0 N–H and O–H groups in total. The van der Waals surface area contributed by atoms with Crippen molar-refractivity contribution in [3.05, 3.63) is 47.8 Å². The van der Waals surface area contributed by atoms with Crippen LogP contribution in [-0.4, -0.2) is 35.2 Å². The summed E-state index contributed by atoms with van der Waals surface area (Å²) < 4.78 is 5.95. The van der Waals surface area contributed by atoms with Crippen LogP contribution in [0.5, 0.6) is 0 Å². The van der Waals surface area contributed by atoms with Crippen molar-refractivity contribution in [3.63, 3.8) is 0 Å². The van der Waals surface area contributed by atoms with E-state index in [-0.39, 0.29) is 23.0 Å². The molecule has 0 radical (unpaired) electrons. The van der Waals surface area contributed by atoms with Crippen molar-refractivity contribution in [1.29, 1.82) is 0 Å². The molecule has 1 amide bonds. The minimum atomic E-state index is -0.142. The van der Waals surface area contributed by atoms with E-state index < -0.39 is 0 Å². The number of rotatable bonds is 4. The Bertz CT molecular complexity index is 950. The van der Waals surface area contributed by atoms with Crippen molar-refractivity contribution in [2.24, 2.45) is 28.6 Å². The molecule has 0 aromatic carbocycles. The van der Waals surface area contributed by atoms with Crippen LogP contribution in [0.2, 0.25) is 0 Å². The average Bonchev–Trinajstić information content (AvgIpc) is 3.18. The Morgan fingerprint density at radius 1 is 1.09 bits per heavy atom. The number of carbonyl (C=O) groups is 1. The predicted molar refractivity (Wildman–Crippen MR) is 132 cm³/mol. The Balaban J connectivity index is 1.33. The van der Waals surface area contributed by atoms with Gasteiger partial charge in [0.1, 0.15) is 6.10 Å². The van der Waals surface area contributed by atoms with Crippen molar-refractivity contribution in [2.75, 3.05) is 13.1 Å². The summed E-state index contributed by atoms with van der Waals surface area (Å²) in [6.45, 7) is 10.5. The number of aromatic nitrogens is 1. The number of fused-ring (bicyclic) bond motifs is 5. The number of hydrogen-bond donors (Lipinski definition) is 0. The summed E-state index contributed by atoms with van der Waals surface area (Å²) in [5.41, 5.74) is 4.94. The van der Waals surface area contributed by atoms with Crippen molar-refractivity contribution in [2.45, 2.75) is 78.7 Å². The lowest BCUT2D eigenvalue weighted by atomic mass is 9.47. The highest BCUT2D eigenvalue weighted by atomic mass is 16.6. The fraction of sp³-hybridized carbons (Fsp3) is 0.655. The molecule has 4 nitrogen and oxygen atoms in total. The number of hydrogen-bond acceptors (Lipinski definition) is 3. The van der Waals surface area contributed by atoms with Crippen LogP contribution >= 0.6 is 0 Å². The van der Waals surface area contributed by atoms with Crippen LogP contribution in [0.4, 0.5) is 4.79 Å². The van der Waals surface area contributed by atoms with Crippen molar-refractivity contribution in [3.8, 4) is 0 Å². The lowest BCUT2D eigenvalue weighted by molar-refractivity contribution is -0.0291. The van der Waals surface area contributed by atoms with Crippen LogP contribution in [0.15, 0.2) is 42.3 Å². The highest BCUT2D eigenvalue weighted by molar-refractivity contribution is 5.72. The minimum absolute atomic E-state index is 0.0353. The average molecular weight is 449 g/mol. The zero-order valence-electron chi connectivity index (χ0n) is 20.8. The molecule has 0 aliphatic heterocycles. The Morgan fingerprint density at radius 2 is 1.88 bits per heavy atom. The van der Waals surface area contributed by atoms with Gasteiger partial charge in [-0.1, -0.05) is 37.6 Å². The second kappa shape index (κ2) is 8.60. The molecule has 33 heavy (non-hydrogen) atoms. The summed E-state index contributed by atoms with van der Waals surface area (Å²) >= 11 is 0. The summed E-state index contributed by atoms with van der Waals surface area (Å²) in [7, 11) is 0. The van der Waals surface area contributed by atoms with Crippen LogP contribution in [0.25, 0.3) is 5.57 Å². The first-order valence-corrected chi connectivity index (χ1v) is 13.2. The number of pyridine rings is 1. The minimum Gasteiger partial charge on any atom is -0.446 e. The SMILES string of the molecule is CCN(CC)C(=O)OC1CCC2(C)C(=CCC3C2CCC2(C)C(c4cccnc4)=CCC32)C1. The van der Waals surface area contributed by atoms with Gasteiger partial charge in [0.2, 0.25) is 0 Å². The second-order valence-corrected chi connectivity index (χ2v) is 11.2. The number of allylic oxidation sites excluding steroid dienone is 3. The molecule has 2 fully saturated rings. The van der Waals surface area contributed by atoms with E-state index in [9.17, 15) is 4.79 Å². The Morgan fingerprint density at radius 3 is 2.61 bits per heavy atom. The van der Waals surface area contributed by atoms with E-state index in [4.69, 9.17) is 4.74 Å². The number of nitrogens with zero attached hydrogens (tertiary/aromatic N) is 2. The summed E-state index contributed by atoms with van der Waals surface area (Å²) in [6, 6.07) is 4.31. The van der Waals surface area contributed by atoms with E-state index in [2.05, 4.69) is 43.1 Å². The van der Waals surface area contributed by atoms with Gasteiger partial charge in [0.25, 0.3) is 0 Å². The number of ether oxygens (including phenoxy) is 1. The highest BCUT2D eigenvalue weighted by Gasteiger charge is 2.57. The van der Waals surface area contributed by atoms with Crippen LogP contribution in [-0.2, 0) is 4.74 Å². The Kier molecular flexibility index (Phi) is 5.91. The molecule has 1 aromatic rings. The fourth-order valence-electron chi connectivity index (χ4n) is 7.96. The summed E-state index contributed by atoms with van der Waals surface area (Å²) in [4.78, 5) is 18.7.